The fraction of sp³-hybridized carbons (Fsp3) is 0.588. The number of piperazine rings is 1. The Hall–Kier alpha value is -1.55. The molecular formula is C17H27N3O. The van der Waals surface area contributed by atoms with Crippen LogP contribution in [0, 0.1) is 0 Å². The lowest BCUT2D eigenvalue weighted by Gasteiger charge is -2.34. The fourth-order valence-electron chi connectivity index (χ4n) is 2.95. The van der Waals surface area contributed by atoms with Gasteiger partial charge in [-0.05, 0) is 52.0 Å². The van der Waals surface area contributed by atoms with Crippen molar-refractivity contribution in [3.63, 3.8) is 0 Å². The predicted molar refractivity (Wildman–Crippen MR) is 88.0 cm³/mol. The smallest absolute Gasteiger partial charge is 0.254 e. The molecule has 0 unspecified atom stereocenters. The standard InChI is InChI=1S/C17H27N3O/c1-5-19(13(2)3)16-8-6-15(7-9-16)17(21)20-11-10-18-12-14(20)4/h6-9,13-14,18H,5,10-12H2,1-4H3/t14-/m1/s1. The minimum Gasteiger partial charge on any atom is -0.369 e. The molecule has 1 amide bonds. The Morgan fingerprint density at radius 2 is 2.05 bits per heavy atom. The molecule has 4 heteroatoms. The molecule has 0 aliphatic carbocycles. The maximum absolute atomic E-state index is 12.6. The highest BCUT2D eigenvalue weighted by Gasteiger charge is 2.24. The van der Waals surface area contributed by atoms with Crippen molar-refractivity contribution in [2.75, 3.05) is 31.1 Å². The van der Waals surface area contributed by atoms with Crippen molar-refractivity contribution in [3.05, 3.63) is 29.8 Å². The summed E-state index contributed by atoms with van der Waals surface area (Å²) in [5, 5.41) is 3.31. The van der Waals surface area contributed by atoms with Crippen LogP contribution in [0.1, 0.15) is 38.1 Å². The van der Waals surface area contributed by atoms with E-state index in [-0.39, 0.29) is 11.9 Å². The van der Waals surface area contributed by atoms with E-state index >= 15 is 0 Å². The Labute approximate surface area is 128 Å². The lowest BCUT2D eigenvalue weighted by molar-refractivity contribution is 0.0656. The van der Waals surface area contributed by atoms with E-state index in [0.717, 1.165) is 31.7 Å². The number of benzene rings is 1. The minimum absolute atomic E-state index is 0.142. The first-order valence-corrected chi connectivity index (χ1v) is 7.93. The molecule has 21 heavy (non-hydrogen) atoms. The molecule has 0 spiro atoms. The van der Waals surface area contributed by atoms with E-state index in [9.17, 15) is 4.79 Å². The van der Waals surface area contributed by atoms with Crippen molar-refractivity contribution in [1.82, 2.24) is 10.2 Å². The van der Waals surface area contributed by atoms with Crippen molar-refractivity contribution in [2.45, 2.75) is 39.8 Å². The number of rotatable bonds is 4. The third-order valence-corrected chi connectivity index (χ3v) is 4.17. The van der Waals surface area contributed by atoms with Gasteiger partial charge in [-0.3, -0.25) is 4.79 Å². The van der Waals surface area contributed by atoms with Crippen molar-refractivity contribution >= 4 is 11.6 Å². The van der Waals surface area contributed by atoms with Crippen LogP contribution in [0.4, 0.5) is 5.69 Å². The van der Waals surface area contributed by atoms with Crippen LogP contribution in [0.3, 0.4) is 0 Å². The van der Waals surface area contributed by atoms with Crippen LogP contribution in [-0.2, 0) is 0 Å². The van der Waals surface area contributed by atoms with Gasteiger partial charge in [-0.2, -0.15) is 0 Å². The molecule has 0 bridgehead atoms. The molecule has 1 heterocycles. The number of carbonyl (C=O) groups excluding carboxylic acids is 1. The van der Waals surface area contributed by atoms with E-state index in [2.05, 4.69) is 50.0 Å². The monoisotopic (exact) mass is 289 g/mol. The largest absolute Gasteiger partial charge is 0.369 e. The zero-order valence-electron chi connectivity index (χ0n) is 13.6. The van der Waals surface area contributed by atoms with Crippen molar-refractivity contribution in [2.24, 2.45) is 0 Å². The molecule has 1 aliphatic rings. The molecule has 0 aromatic heterocycles. The van der Waals surface area contributed by atoms with Crippen LogP contribution < -0.4 is 10.2 Å². The Morgan fingerprint density at radius 1 is 1.38 bits per heavy atom. The summed E-state index contributed by atoms with van der Waals surface area (Å²) < 4.78 is 0. The van der Waals surface area contributed by atoms with E-state index in [1.54, 1.807) is 0 Å². The van der Waals surface area contributed by atoms with Gasteiger partial charge in [-0.15, -0.1) is 0 Å². The van der Waals surface area contributed by atoms with Crippen molar-refractivity contribution in [3.8, 4) is 0 Å². The first kappa shape index (κ1) is 15.8. The Kier molecular flexibility index (Phi) is 5.23. The van der Waals surface area contributed by atoms with Gasteiger partial charge in [0, 0.05) is 49.5 Å². The average molecular weight is 289 g/mol. The topological polar surface area (TPSA) is 35.6 Å². The third kappa shape index (κ3) is 3.56. The van der Waals surface area contributed by atoms with Gasteiger partial charge < -0.3 is 15.1 Å². The molecule has 2 rings (SSSR count). The number of amides is 1. The van der Waals surface area contributed by atoms with E-state index in [1.807, 2.05) is 17.0 Å². The van der Waals surface area contributed by atoms with Gasteiger partial charge in [-0.1, -0.05) is 0 Å². The first-order chi connectivity index (χ1) is 10.0. The summed E-state index contributed by atoms with van der Waals surface area (Å²) in [4.78, 5) is 16.9. The maximum atomic E-state index is 12.6. The van der Waals surface area contributed by atoms with Crippen molar-refractivity contribution in [1.29, 1.82) is 0 Å². The Bertz CT molecular complexity index is 469. The molecule has 1 saturated heterocycles. The summed E-state index contributed by atoms with van der Waals surface area (Å²) in [6.45, 7) is 12.1. The maximum Gasteiger partial charge on any atom is 0.254 e. The number of hydrogen-bond donors (Lipinski definition) is 1. The van der Waals surface area contributed by atoms with Crippen molar-refractivity contribution < 1.29 is 4.79 Å². The zero-order chi connectivity index (χ0) is 15.4. The number of anilines is 1. The van der Waals surface area contributed by atoms with E-state index in [1.165, 1.54) is 5.69 Å². The average Bonchev–Trinajstić information content (AvgIpc) is 2.48. The molecule has 4 nitrogen and oxygen atoms in total. The van der Waals surface area contributed by atoms with E-state index < -0.39 is 0 Å². The summed E-state index contributed by atoms with van der Waals surface area (Å²) in [6.07, 6.45) is 0. The third-order valence-electron chi connectivity index (χ3n) is 4.17. The highest BCUT2D eigenvalue weighted by atomic mass is 16.2. The van der Waals surface area contributed by atoms with Gasteiger partial charge >= 0.3 is 0 Å². The first-order valence-electron chi connectivity index (χ1n) is 7.93. The number of nitrogens with one attached hydrogen (secondary N) is 1. The summed E-state index contributed by atoms with van der Waals surface area (Å²) >= 11 is 0. The highest BCUT2D eigenvalue weighted by molar-refractivity contribution is 5.94. The molecule has 0 saturated carbocycles. The summed E-state index contributed by atoms with van der Waals surface area (Å²) in [5.41, 5.74) is 1.96. The molecular weight excluding hydrogens is 262 g/mol. The van der Waals surface area contributed by atoms with Crippen LogP contribution in [0.2, 0.25) is 0 Å². The second-order valence-electron chi connectivity index (χ2n) is 5.98. The molecule has 1 atom stereocenters. The zero-order valence-corrected chi connectivity index (χ0v) is 13.6. The minimum atomic E-state index is 0.142. The van der Waals surface area contributed by atoms with Gasteiger partial charge in [0.1, 0.15) is 0 Å². The normalized spacial score (nSPS) is 18.9. The molecule has 0 radical (unpaired) electrons. The molecule has 1 fully saturated rings. The lowest BCUT2D eigenvalue weighted by atomic mass is 10.1. The number of nitrogens with zero attached hydrogens (tertiary/aromatic N) is 2. The van der Waals surface area contributed by atoms with Gasteiger partial charge in [0.15, 0.2) is 0 Å². The van der Waals surface area contributed by atoms with E-state index in [0.29, 0.717) is 6.04 Å². The van der Waals surface area contributed by atoms with Crippen LogP contribution in [0.15, 0.2) is 24.3 Å². The number of hydrogen-bond acceptors (Lipinski definition) is 3. The predicted octanol–water partition coefficient (Wildman–Crippen LogP) is 2.36. The second-order valence-corrected chi connectivity index (χ2v) is 5.98. The van der Waals surface area contributed by atoms with Crippen LogP contribution in [0.25, 0.3) is 0 Å². The highest BCUT2D eigenvalue weighted by Crippen LogP contribution is 2.19. The Balaban J connectivity index is 2.12. The van der Waals surface area contributed by atoms with Gasteiger partial charge in [0.05, 0.1) is 0 Å². The fourth-order valence-corrected chi connectivity index (χ4v) is 2.95. The summed E-state index contributed by atoms with van der Waals surface area (Å²) in [7, 11) is 0. The van der Waals surface area contributed by atoms with Crippen LogP contribution >= 0.6 is 0 Å². The number of carbonyl (C=O) groups is 1. The van der Waals surface area contributed by atoms with Gasteiger partial charge in [0.2, 0.25) is 0 Å². The van der Waals surface area contributed by atoms with Crippen LogP contribution in [0.5, 0.6) is 0 Å². The molecule has 1 N–H and O–H groups in total. The lowest BCUT2D eigenvalue weighted by Crippen LogP contribution is -2.52. The van der Waals surface area contributed by atoms with Gasteiger partial charge in [0.25, 0.3) is 5.91 Å². The quantitative estimate of drug-likeness (QED) is 0.924. The molecule has 1 aromatic rings. The van der Waals surface area contributed by atoms with Crippen LogP contribution in [-0.4, -0.2) is 49.1 Å². The second kappa shape index (κ2) is 6.94. The van der Waals surface area contributed by atoms with E-state index in [4.69, 9.17) is 0 Å². The Morgan fingerprint density at radius 3 is 2.57 bits per heavy atom. The van der Waals surface area contributed by atoms with Gasteiger partial charge in [-0.25, -0.2) is 0 Å². The SMILES string of the molecule is CCN(c1ccc(C(=O)N2CCNC[C@H]2C)cc1)C(C)C. The summed E-state index contributed by atoms with van der Waals surface area (Å²) in [5.74, 6) is 0.142. The molecule has 1 aromatic carbocycles. The summed E-state index contributed by atoms with van der Waals surface area (Å²) in [6, 6.07) is 8.75. The molecule has 116 valence electrons. The molecule has 1 aliphatic heterocycles.